The lowest BCUT2D eigenvalue weighted by Crippen LogP contribution is -2.57. The van der Waals surface area contributed by atoms with Gasteiger partial charge in [-0.2, -0.15) is 13.2 Å². The predicted octanol–water partition coefficient (Wildman–Crippen LogP) is 6.39. The van der Waals surface area contributed by atoms with Crippen LogP contribution < -0.4 is 11.4 Å². The number of unbranched alkanes of at least 4 members (excludes halogenated alkanes) is 2. The van der Waals surface area contributed by atoms with Gasteiger partial charge in [-0.1, -0.05) is 38.8 Å². The van der Waals surface area contributed by atoms with Crippen molar-refractivity contribution in [3.8, 4) is 0 Å². The molecule has 1 aromatic rings. The van der Waals surface area contributed by atoms with Gasteiger partial charge in [0.15, 0.2) is 0 Å². The molecule has 2 aliphatic carbocycles. The van der Waals surface area contributed by atoms with Gasteiger partial charge >= 0.3 is 11.8 Å². The smallest absolute Gasteiger partial charge is 0.417 e. The van der Waals surface area contributed by atoms with E-state index in [-0.39, 0.29) is 42.0 Å². The first-order valence-electron chi connectivity index (χ1n) is 14.8. The van der Waals surface area contributed by atoms with Crippen LogP contribution in [0.15, 0.2) is 33.2 Å². The second-order valence-corrected chi connectivity index (χ2v) is 11.3. The van der Waals surface area contributed by atoms with E-state index in [1.807, 2.05) is 19.9 Å². The van der Waals surface area contributed by atoms with Crippen molar-refractivity contribution >= 4 is 17.9 Å². The first-order chi connectivity index (χ1) is 19.4. The molecule has 2 aliphatic rings. The summed E-state index contributed by atoms with van der Waals surface area (Å²) in [7, 11) is 0. The van der Waals surface area contributed by atoms with E-state index in [4.69, 9.17) is 14.9 Å². The topological polar surface area (TPSA) is 103 Å². The highest BCUT2D eigenvalue weighted by molar-refractivity contribution is 5.93. The SMILES string of the molecule is CCCC1=C(OCCCCCN(C=O)C(=O)C(C)(N)C2CC=CCC2)C(CCC)Cc2c(C(F)(F)F)cc(=O)oc21. The third-order valence-electron chi connectivity index (χ3n) is 8.17. The Labute approximate surface area is 240 Å². The highest BCUT2D eigenvalue weighted by Gasteiger charge is 2.41. The average Bonchev–Trinajstić information content (AvgIpc) is 2.93. The molecule has 0 aliphatic heterocycles. The number of imide groups is 1. The molecular weight excluding hydrogens is 537 g/mol. The Hall–Kier alpha value is -2.88. The Balaban J connectivity index is 1.66. The van der Waals surface area contributed by atoms with E-state index in [9.17, 15) is 27.6 Å². The van der Waals surface area contributed by atoms with Gasteiger partial charge in [0, 0.05) is 29.7 Å². The van der Waals surface area contributed by atoms with Crippen molar-refractivity contribution < 1.29 is 31.9 Å². The number of carbonyl (C=O) groups is 2. The predicted molar refractivity (Wildman–Crippen MR) is 151 cm³/mol. The van der Waals surface area contributed by atoms with Crippen molar-refractivity contribution in [2.75, 3.05) is 13.2 Å². The third kappa shape index (κ3) is 7.90. The van der Waals surface area contributed by atoms with Crippen LogP contribution in [0.5, 0.6) is 0 Å². The lowest BCUT2D eigenvalue weighted by atomic mass is 9.78. The number of fused-ring (bicyclic) bond motifs is 1. The molecule has 0 saturated carbocycles. The number of hydrogen-bond donors (Lipinski definition) is 1. The summed E-state index contributed by atoms with van der Waals surface area (Å²) in [6.45, 7) is 6.15. The third-order valence-corrected chi connectivity index (χ3v) is 8.17. The molecule has 3 atom stereocenters. The molecule has 3 unspecified atom stereocenters. The Morgan fingerprint density at radius 2 is 1.95 bits per heavy atom. The normalized spacial score (nSPS) is 20.4. The molecule has 41 heavy (non-hydrogen) atoms. The first-order valence-corrected chi connectivity index (χ1v) is 14.8. The van der Waals surface area contributed by atoms with Crippen LogP contribution in [-0.4, -0.2) is 35.9 Å². The van der Waals surface area contributed by atoms with Crippen molar-refractivity contribution in [2.24, 2.45) is 17.6 Å². The molecule has 3 rings (SSSR count). The summed E-state index contributed by atoms with van der Waals surface area (Å²) in [6.07, 6.45) is 6.80. The van der Waals surface area contributed by atoms with Crippen molar-refractivity contribution in [3.63, 3.8) is 0 Å². The van der Waals surface area contributed by atoms with E-state index in [1.54, 1.807) is 6.92 Å². The number of rotatable bonds is 14. The maximum Gasteiger partial charge on any atom is 0.417 e. The van der Waals surface area contributed by atoms with Crippen molar-refractivity contribution in [1.29, 1.82) is 0 Å². The van der Waals surface area contributed by atoms with Crippen LogP contribution in [0.25, 0.3) is 5.57 Å². The number of amides is 2. The second kappa shape index (κ2) is 14.3. The van der Waals surface area contributed by atoms with Gasteiger partial charge < -0.3 is 14.9 Å². The van der Waals surface area contributed by atoms with Gasteiger partial charge in [-0.3, -0.25) is 14.5 Å². The molecule has 0 bridgehead atoms. The fourth-order valence-corrected chi connectivity index (χ4v) is 5.96. The summed E-state index contributed by atoms with van der Waals surface area (Å²) < 4.78 is 53.0. The van der Waals surface area contributed by atoms with E-state index in [0.29, 0.717) is 75.4 Å². The molecule has 0 fully saturated rings. The minimum absolute atomic E-state index is 0.00699. The van der Waals surface area contributed by atoms with Crippen LogP contribution in [0.3, 0.4) is 0 Å². The molecule has 0 saturated heterocycles. The molecule has 1 heterocycles. The van der Waals surface area contributed by atoms with Gasteiger partial charge in [0.25, 0.3) is 0 Å². The monoisotopic (exact) mass is 580 g/mol. The zero-order valence-corrected chi connectivity index (χ0v) is 24.4. The molecule has 7 nitrogen and oxygen atoms in total. The van der Waals surface area contributed by atoms with Crippen LogP contribution in [-0.2, 0) is 26.9 Å². The summed E-state index contributed by atoms with van der Waals surface area (Å²) >= 11 is 0. The molecule has 0 aromatic carbocycles. The molecule has 1 aromatic heterocycles. The molecule has 0 radical (unpaired) electrons. The highest BCUT2D eigenvalue weighted by Crippen LogP contribution is 2.44. The summed E-state index contributed by atoms with van der Waals surface area (Å²) in [5, 5.41) is 0. The Morgan fingerprint density at radius 1 is 1.20 bits per heavy atom. The van der Waals surface area contributed by atoms with Crippen LogP contribution in [0.1, 0.15) is 102 Å². The molecule has 10 heteroatoms. The van der Waals surface area contributed by atoms with E-state index in [2.05, 4.69) is 6.08 Å². The van der Waals surface area contributed by atoms with E-state index in [1.165, 1.54) is 0 Å². The number of allylic oxidation sites excluding steroid dienone is 4. The van der Waals surface area contributed by atoms with Crippen molar-refractivity contribution in [2.45, 2.75) is 103 Å². The number of ether oxygens (including phenoxy) is 1. The number of hydrogen-bond acceptors (Lipinski definition) is 6. The van der Waals surface area contributed by atoms with Crippen molar-refractivity contribution in [3.05, 3.63) is 51.3 Å². The van der Waals surface area contributed by atoms with Crippen LogP contribution >= 0.6 is 0 Å². The Bertz CT molecular complexity index is 1190. The Kier molecular flexibility index (Phi) is 11.4. The number of halogens is 3. The van der Waals surface area contributed by atoms with Gasteiger partial charge in [-0.05, 0) is 70.6 Å². The molecule has 2 amide bonds. The largest absolute Gasteiger partial charge is 0.497 e. The zero-order chi connectivity index (χ0) is 30.2. The summed E-state index contributed by atoms with van der Waals surface area (Å²) in [6, 6.07) is 0.546. The Morgan fingerprint density at radius 3 is 2.56 bits per heavy atom. The summed E-state index contributed by atoms with van der Waals surface area (Å²) in [5.74, 6) is -0.0414. The fraction of sp³-hybridized carbons (Fsp3) is 0.645. The maximum atomic E-state index is 13.8. The number of nitrogens with two attached hydrogens (primary N) is 1. The average molecular weight is 581 g/mol. The minimum atomic E-state index is -4.65. The molecular formula is C31H43F3N2O5. The van der Waals surface area contributed by atoms with E-state index >= 15 is 0 Å². The van der Waals surface area contributed by atoms with Gasteiger partial charge in [-0.25, -0.2) is 4.79 Å². The maximum absolute atomic E-state index is 13.8. The van der Waals surface area contributed by atoms with Gasteiger partial charge in [0.1, 0.15) is 11.5 Å². The number of carbonyl (C=O) groups excluding carboxylic acids is 2. The van der Waals surface area contributed by atoms with E-state index in [0.717, 1.165) is 24.2 Å². The molecule has 228 valence electrons. The second-order valence-electron chi connectivity index (χ2n) is 11.3. The van der Waals surface area contributed by atoms with Crippen molar-refractivity contribution in [1.82, 2.24) is 4.90 Å². The lowest BCUT2D eigenvalue weighted by Gasteiger charge is -2.36. The van der Waals surface area contributed by atoms with Crippen LogP contribution in [0, 0.1) is 11.8 Å². The van der Waals surface area contributed by atoms with Crippen LogP contribution in [0.4, 0.5) is 13.2 Å². The fourth-order valence-electron chi connectivity index (χ4n) is 5.96. The molecule has 2 N–H and O–H groups in total. The number of alkyl halides is 3. The summed E-state index contributed by atoms with van der Waals surface area (Å²) in [5.41, 5.74) is 3.88. The highest BCUT2D eigenvalue weighted by atomic mass is 19.4. The molecule has 0 spiro atoms. The van der Waals surface area contributed by atoms with E-state index < -0.39 is 22.9 Å². The first kappa shape index (κ1) is 32.6. The van der Waals surface area contributed by atoms with Crippen LogP contribution in [0.2, 0.25) is 0 Å². The van der Waals surface area contributed by atoms with Gasteiger partial charge in [-0.15, -0.1) is 0 Å². The van der Waals surface area contributed by atoms with Gasteiger partial charge in [0.2, 0.25) is 12.3 Å². The standard InChI is InChI=1S/C31H43F3N2O5/c1-4-12-21-18-24-25(31(32,33)34)19-26(38)41-28(24)23(13-5-2)27(21)40-17-11-7-10-16-36(20-37)29(39)30(3,35)22-14-8-6-9-15-22/h6,8,19-22H,4-5,7,9-18,35H2,1-3H3. The number of nitrogens with zero attached hydrogens (tertiary/aromatic N) is 1. The zero-order valence-electron chi connectivity index (χ0n) is 24.4. The minimum Gasteiger partial charge on any atom is -0.497 e. The quantitative estimate of drug-likeness (QED) is 0.155. The van der Waals surface area contributed by atoms with Gasteiger partial charge in [0.05, 0.1) is 17.7 Å². The lowest BCUT2D eigenvalue weighted by molar-refractivity contribution is -0.144. The summed E-state index contributed by atoms with van der Waals surface area (Å²) in [4.78, 5) is 38.0.